The molecule has 0 bridgehead atoms. The van der Waals surface area contributed by atoms with Gasteiger partial charge < -0.3 is 5.73 Å². The zero-order chi connectivity index (χ0) is 9.84. The minimum absolute atomic E-state index is 0.0346. The molecule has 0 radical (unpaired) electrons. The van der Waals surface area contributed by atoms with Crippen molar-refractivity contribution in [2.45, 2.75) is 29.9 Å². The quantitative estimate of drug-likeness (QED) is 0.456. The molecule has 0 aliphatic carbocycles. The molecule has 0 fully saturated rings. The fourth-order valence-corrected chi connectivity index (χ4v) is 2.76. The maximum absolute atomic E-state index is 7.32. The average Bonchev–Trinajstić information content (AvgIpc) is 2.46. The van der Waals surface area contributed by atoms with E-state index >= 15 is 0 Å². The Morgan fingerprint density at radius 1 is 1.69 bits per heavy atom. The molecule has 72 valence electrons. The highest BCUT2D eigenvalue weighted by Crippen LogP contribution is 2.27. The number of nitrogens with two attached hydrogens (primary N) is 1. The monoisotopic (exact) mass is 216 g/mol. The van der Waals surface area contributed by atoms with E-state index in [0.717, 1.165) is 15.8 Å². The Balaban J connectivity index is 2.61. The van der Waals surface area contributed by atoms with Crippen molar-refractivity contribution in [1.82, 2.24) is 10.2 Å². The van der Waals surface area contributed by atoms with Gasteiger partial charge in [-0.1, -0.05) is 30.0 Å². The average molecular weight is 216 g/mol. The van der Waals surface area contributed by atoms with E-state index in [1.807, 2.05) is 13.8 Å². The second-order valence-corrected chi connectivity index (χ2v) is 5.19. The minimum atomic E-state index is 0.0346. The van der Waals surface area contributed by atoms with Crippen LogP contribution in [-0.2, 0) is 0 Å². The van der Waals surface area contributed by atoms with Crippen LogP contribution in [0.4, 0.5) is 0 Å². The molecule has 1 unspecified atom stereocenters. The zero-order valence-corrected chi connectivity index (χ0v) is 9.21. The summed E-state index contributed by atoms with van der Waals surface area (Å²) in [5.41, 5.74) is 5.42. The molecule has 1 aromatic rings. The van der Waals surface area contributed by atoms with Gasteiger partial charge in [0.15, 0.2) is 4.34 Å². The second-order valence-electron chi connectivity index (χ2n) is 2.56. The van der Waals surface area contributed by atoms with Gasteiger partial charge in [0.1, 0.15) is 10.8 Å². The molecule has 0 saturated heterocycles. The standard InChI is InChI=1S/C7H12N4S2/c1-3-5(6(8)9)13-7-11-10-4(2)12-7/h5H,3H2,1-2H3,(H3,8,9). The van der Waals surface area contributed by atoms with Gasteiger partial charge in [0, 0.05) is 0 Å². The van der Waals surface area contributed by atoms with Gasteiger partial charge in [0.2, 0.25) is 0 Å². The molecule has 1 heterocycles. The van der Waals surface area contributed by atoms with Gasteiger partial charge in [-0.3, -0.25) is 5.41 Å². The molecule has 1 atom stereocenters. The maximum Gasteiger partial charge on any atom is 0.175 e. The first-order chi connectivity index (χ1) is 6.13. The molecular formula is C7H12N4S2. The Morgan fingerprint density at radius 3 is 2.77 bits per heavy atom. The van der Waals surface area contributed by atoms with E-state index in [9.17, 15) is 0 Å². The Bertz CT molecular complexity index is 296. The van der Waals surface area contributed by atoms with Crippen LogP contribution in [-0.4, -0.2) is 21.3 Å². The molecule has 0 aliphatic heterocycles. The van der Waals surface area contributed by atoms with E-state index in [0.29, 0.717) is 0 Å². The topological polar surface area (TPSA) is 75.7 Å². The molecule has 0 saturated carbocycles. The van der Waals surface area contributed by atoms with E-state index in [-0.39, 0.29) is 11.1 Å². The minimum Gasteiger partial charge on any atom is -0.387 e. The van der Waals surface area contributed by atoms with E-state index in [1.54, 1.807) is 0 Å². The largest absolute Gasteiger partial charge is 0.387 e. The van der Waals surface area contributed by atoms with Crippen LogP contribution in [0.25, 0.3) is 0 Å². The maximum atomic E-state index is 7.32. The van der Waals surface area contributed by atoms with Crippen molar-refractivity contribution in [2.75, 3.05) is 0 Å². The van der Waals surface area contributed by atoms with Gasteiger partial charge in [-0.05, 0) is 13.3 Å². The van der Waals surface area contributed by atoms with Gasteiger partial charge in [0.25, 0.3) is 0 Å². The molecule has 0 aromatic carbocycles. The molecule has 0 spiro atoms. The molecule has 0 amide bonds. The Labute approximate surface area is 85.5 Å². The Hall–Kier alpha value is -0.620. The summed E-state index contributed by atoms with van der Waals surface area (Å²) in [4.78, 5) is 0. The fourth-order valence-electron chi connectivity index (χ4n) is 0.814. The van der Waals surface area contributed by atoms with Gasteiger partial charge in [0.05, 0.1) is 5.25 Å². The smallest absolute Gasteiger partial charge is 0.175 e. The van der Waals surface area contributed by atoms with E-state index in [1.165, 1.54) is 23.1 Å². The first kappa shape index (κ1) is 10.5. The number of nitrogens with zero attached hydrogens (tertiary/aromatic N) is 2. The van der Waals surface area contributed by atoms with Crippen molar-refractivity contribution in [1.29, 1.82) is 5.41 Å². The zero-order valence-electron chi connectivity index (χ0n) is 7.57. The summed E-state index contributed by atoms with van der Waals surface area (Å²) in [6.45, 7) is 3.92. The summed E-state index contributed by atoms with van der Waals surface area (Å²) in [5, 5.41) is 16.2. The molecule has 6 heteroatoms. The first-order valence-electron chi connectivity index (χ1n) is 3.94. The van der Waals surface area contributed by atoms with Gasteiger partial charge in [-0.2, -0.15) is 0 Å². The Kier molecular flexibility index (Phi) is 3.68. The molecule has 1 rings (SSSR count). The molecular weight excluding hydrogens is 204 g/mol. The Morgan fingerprint density at radius 2 is 2.38 bits per heavy atom. The predicted molar refractivity (Wildman–Crippen MR) is 56.5 cm³/mol. The number of hydrogen-bond donors (Lipinski definition) is 2. The van der Waals surface area contributed by atoms with Crippen LogP contribution in [0, 0.1) is 12.3 Å². The third kappa shape index (κ3) is 2.96. The second kappa shape index (κ2) is 4.57. The highest BCUT2D eigenvalue weighted by atomic mass is 32.2. The van der Waals surface area contributed by atoms with Gasteiger partial charge in [-0.25, -0.2) is 0 Å². The number of nitrogens with one attached hydrogen (secondary N) is 1. The highest BCUT2D eigenvalue weighted by molar-refractivity contribution is 8.02. The highest BCUT2D eigenvalue weighted by Gasteiger charge is 2.13. The van der Waals surface area contributed by atoms with Crippen molar-refractivity contribution in [3.63, 3.8) is 0 Å². The van der Waals surface area contributed by atoms with Crippen molar-refractivity contribution in [2.24, 2.45) is 5.73 Å². The van der Waals surface area contributed by atoms with Crippen LogP contribution >= 0.6 is 23.1 Å². The van der Waals surface area contributed by atoms with Gasteiger partial charge >= 0.3 is 0 Å². The van der Waals surface area contributed by atoms with Crippen LogP contribution in [0.5, 0.6) is 0 Å². The number of rotatable bonds is 4. The molecule has 4 nitrogen and oxygen atoms in total. The molecule has 0 aliphatic rings. The summed E-state index contributed by atoms with van der Waals surface area (Å²) in [5.74, 6) is 0.209. The normalized spacial score (nSPS) is 12.8. The lowest BCUT2D eigenvalue weighted by Crippen LogP contribution is -2.23. The van der Waals surface area contributed by atoms with Crippen LogP contribution in [0.2, 0.25) is 0 Å². The van der Waals surface area contributed by atoms with Crippen LogP contribution in [0.1, 0.15) is 18.4 Å². The lowest BCUT2D eigenvalue weighted by molar-refractivity contribution is 0.962. The summed E-state index contributed by atoms with van der Waals surface area (Å²) < 4.78 is 0.888. The lowest BCUT2D eigenvalue weighted by Gasteiger charge is -2.08. The van der Waals surface area contributed by atoms with E-state index in [4.69, 9.17) is 11.1 Å². The number of thioether (sulfide) groups is 1. The summed E-state index contributed by atoms with van der Waals surface area (Å²) in [7, 11) is 0. The summed E-state index contributed by atoms with van der Waals surface area (Å²) >= 11 is 3.05. The van der Waals surface area contributed by atoms with Crippen molar-refractivity contribution in [3.8, 4) is 0 Å². The van der Waals surface area contributed by atoms with Crippen molar-refractivity contribution in [3.05, 3.63) is 5.01 Å². The number of hydrogen-bond acceptors (Lipinski definition) is 5. The van der Waals surface area contributed by atoms with E-state index in [2.05, 4.69) is 10.2 Å². The third-order valence-corrected chi connectivity index (χ3v) is 3.80. The first-order valence-corrected chi connectivity index (χ1v) is 5.63. The van der Waals surface area contributed by atoms with E-state index < -0.39 is 0 Å². The molecule has 3 N–H and O–H groups in total. The van der Waals surface area contributed by atoms with Gasteiger partial charge in [-0.15, -0.1) is 10.2 Å². The summed E-state index contributed by atoms with van der Waals surface area (Å²) in [6, 6.07) is 0. The number of amidine groups is 1. The summed E-state index contributed by atoms with van der Waals surface area (Å²) in [6.07, 6.45) is 0.846. The SMILES string of the molecule is CCC(Sc1nnc(C)s1)C(=N)N. The van der Waals surface area contributed by atoms with Crippen LogP contribution in [0.15, 0.2) is 4.34 Å². The number of aryl methyl sites for hydroxylation is 1. The number of aromatic nitrogens is 2. The third-order valence-electron chi connectivity index (χ3n) is 1.47. The molecule has 13 heavy (non-hydrogen) atoms. The fraction of sp³-hybridized carbons (Fsp3) is 0.571. The predicted octanol–water partition coefficient (Wildman–Crippen LogP) is 1.65. The lowest BCUT2D eigenvalue weighted by atomic mass is 10.3. The van der Waals surface area contributed by atoms with Crippen LogP contribution < -0.4 is 5.73 Å². The molecule has 1 aromatic heterocycles. The van der Waals surface area contributed by atoms with Crippen molar-refractivity contribution >= 4 is 28.9 Å². The van der Waals surface area contributed by atoms with Crippen molar-refractivity contribution < 1.29 is 0 Å². The van der Waals surface area contributed by atoms with Crippen LogP contribution in [0.3, 0.4) is 0 Å².